The fourth-order valence-corrected chi connectivity index (χ4v) is 2.52. The number of phenols is 1. The van der Waals surface area contributed by atoms with Crippen molar-refractivity contribution in [3.63, 3.8) is 0 Å². The largest absolute Gasteiger partial charge is 0.507 e. The van der Waals surface area contributed by atoms with Gasteiger partial charge < -0.3 is 15.3 Å². The molecule has 0 aliphatic carbocycles. The number of rotatable bonds is 4. The molecule has 0 radical (unpaired) electrons. The second-order valence-corrected chi connectivity index (χ2v) is 5.42. The molecule has 1 fully saturated rings. The van der Waals surface area contributed by atoms with Crippen molar-refractivity contribution in [2.45, 2.75) is 32.6 Å². The number of piperidine rings is 1. The number of carbonyl (C=O) groups is 2. The van der Waals surface area contributed by atoms with Crippen LogP contribution >= 0.6 is 0 Å². The molecule has 5 heteroatoms. The van der Waals surface area contributed by atoms with Gasteiger partial charge in [-0.2, -0.15) is 0 Å². The third-order valence-electron chi connectivity index (χ3n) is 3.82. The Balaban J connectivity index is 1.81. The molecule has 1 saturated heterocycles. The summed E-state index contributed by atoms with van der Waals surface area (Å²) in [5.41, 5.74) is 0.910. The van der Waals surface area contributed by atoms with E-state index in [0.717, 1.165) is 25.9 Å². The molecule has 2 rings (SSSR count). The normalized spacial score (nSPS) is 14.8. The summed E-state index contributed by atoms with van der Waals surface area (Å²) in [6.45, 7) is 3.68. The van der Waals surface area contributed by atoms with E-state index in [4.69, 9.17) is 0 Å². The molecule has 1 heterocycles. The van der Waals surface area contributed by atoms with Gasteiger partial charge in [0.25, 0.3) is 5.91 Å². The lowest BCUT2D eigenvalue weighted by Gasteiger charge is -2.26. The minimum Gasteiger partial charge on any atom is -0.507 e. The molecule has 0 spiro atoms. The molecule has 1 aromatic carbocycles. The van der Waals surface area contributed by atoms with Crippen molar-refractivity contribution in [2.24, 2.45) is 0 Å². The van der Waals surface area contributed by atoms with Crippen LogP contribution in [0.1, 0.15) is 41.6 Å². The quantitative estimate of drug-likeness (QED) is 0.889. The van der Waals surface area contributed by atoms with Gasteiger partial charge in [-0.15, -0.1) is 0 Å². The number of aromatic hydroxyl groups is 1. The minimum atomic E-state index is -0.345. The van der Waals surface area contributed by atoms with Crippen LogP contribution in [0.3, 0.4) is 0 Å². The molecule has 0 aromatic heterocycles. The summed E-state index contributed by atoms with van der Waals surface area (Å²) in [4.78, 5) is 25.8. The number of amides is 2. The molecule has 1 aliphatic rings. The van der Waals surface area contributed by atoms with E-state index in [9.17, 15) is 14.7 Å². The van der Waals surface area contributed by atoms with Crippen molar-refractivity contribution >= 4 is 11.8 Å². The predicted octanol–water partition coefficient (Wildman–Crippen LogP) is 1.83. The van der Waals surface area contributed by atoms with Gasteiger partial charge in [0, 0.05) is 26.1 Å². The maximum Gasteiger partial charge on any atom is 0.255 e. The second kappa shape index (κ2) is 7.11. The molecule has 5 nitrogen and oxygen atoms in total. The van der Waals surface area contributed by atoms with Crippen LogP contribution in [0.25, 0.3) is 0 Å². The van der Waals surface area contributed by atoms with Crippen LogP contribution in [0.15, 0.2) is 18.2 Å². The highest BCUT2D eigenvalue weighted by atomic mass is 16.3. The fraction of sp³-hybridized carbons (Fsp3) is 0.500. The third kappa shape index (κ3) is 3.97. The molecule has 1 aliphatic heterocycles. The zero-order valence-electron chi connectivity index (χ0n) is 12.4. The van der Waals surface area contributed by atoms with E-state index in [0.29, 0.717) is 18.5 Å². The summed E-state index contributed by atoms with van der Waals surface area (Å²) in [5, 5.41) is 12.5. The van der Waals surface area contributed by atoms with Crippen LogP contribution in [-0.2, 0) is 4.79 Å². The molecule has 0 bridgehead atoms. The lowest BCUT2D eigenvalue weighted by atomic mass is 10.1. The third-order valence-corrected chi connectivity index (χ3v) is 3.82. The van der Waals surface area contributed by atoms with E-state index in [-0.39, 0.29) is 23.1 Å². The van der Waals surface area contributed by atoms with E-state index in [2.05, 4.69) is 5.32 Å². The van der Waals surface area contributed by atoms with Crippen LogP contribution in [0.5, 0.6) is 5.75 Å². The number of aryl methyl sites for hydroxylation is 1. The molecule has 21 heavy (non-hydrogen) atoms. The van der Waals surface area contributed by atoms with E-state index in [1.54, 1.807) is 25.1 Å². The molecule has 1 aromatic rings. The second-order valence-electron chi connectivity index (χ2n) is 5.42. The standard InChI is InChI=1S/C16H22N2O3/c1-12-6-5-7-13(15(12)20)16(21)17-9-8-14(19)18-10-3-2-4-11-18/h5-7,20H,2-4,8-11H2,1H3,(H,17,21). The minimum absolute atomic E-state index is 0.00245. The van der Waals surface area contributed by atoms with Crippen molar-refractivity contribution in [3.05, 3.63) is 29.3 Å². The molecule has 0 atom stereocenters. The molecular formula is C16H22N2O3. The SMILES string of the molecule is Cc1cccc(C(=O)NCCC(=O)N2CCCCC2)c1O. The van der Waals surface area contributed by atoms with Gasteiger partial charge in [-0.25, -0.2) is 0 Å². The lowest BCUT2D eigenvalue weighted by Crippen LogP contribution is -2.37. The average molecular weight is 290 g/mol. The first-order valence-corrected chi connectivity index (χ1v) is 7.44. The first kappa shape index (κ1) is 15.4. The Morgan fingerprint density at radius 1 is 1.24 bits per heavy atom. The fourth-order valence-electron chi connectivity index (χ4n) is 2.52. The zero-order valence-corrected chi connectivity index (χ0v) is 12.4. The Labute approximate surface area is 125 Å². The van der Waals surface area contributed by atoms with Gasteiger partial charge in [0.2, 0.25) is 5.91 Å². The number of carbonyl (C=O) groups excluding carboxylic acids is 2. The number of nitrogens with zero attached hydrogens (tertiary/aromatic N) is 1. The number of nitrogens with one attached hydrogen (secondary N) is 1. The van der Waals surface area contributed by atoms with Gasteiger partial charge in [0.1, 0.15) is 5.75 Å². The van der Waals surface area contributed by atoms with Crippen LogP contribution in [0, 0.1) is 6.92 Å². The van der Waals surface area contributed by atoms with Gasteiger partial charge in [-0.3, -0.25) is 9.59 Å². The number of likely N-dealkylation sites (tertiary alicyclic amines) is 1. The van der Waals surface area contributed by atoms with E-state index >= 15 is 0 Å². The first-order chi connectivity index (χ1) is 10.1. The smallest absolute Gasteiger partial charge is 0.255 e. The Morgan fingerprint density at radius 2 is 1.95 bits per heavy atom. The molecular weight excluding hydrogens is 268 g/mol. The van der Waals surface area contributed by atoms with Crippen molar-refractivity contribution in [1.29, 1.82) is 0 Å². The molecule has 2 amide bonds. The Hall–Kier alpha value is -2.04. The number of phenolic OH excluding ortho intramolecular Hbond substituents is 1. The van der Waals surface area contributed by atoms with E-state index < -0.39 is 0 Å². The monoisotopic (exact) mass is 290 g/mol. The van der Waals surface area contributed by atoms with Crippen LogP contribution in [0.2, 0.25) is 0 Å². The van der Waals surface area contributed by atoms with Gasteiger partial charge in [0.05, 0.1) is 5.56 Å². The highest BCUT2D eigenvalue weighted by Gasteiger charge is 2.17. The molecule has 0 unspecified atom stereocenters. The van der Waals surface area contributed by atoms with Crippen molar-refractivity contribution in [1.82, 2.24) is 10.2 Å². The zero-order chi connectivity index (χ0) is 15.2. The summed E-state index contributed by atoms with van der Waals surface area (Å²) < 4.78 is 0. The van der Waals surface area contributed by atoms with E-state index in [1.165, 1.54) is 6.42 Å². The Morgan fingerprint density at radius 3 is 2.67 bits per heavy atom. The summed E-state index contributed by atoms with van der Waals surface area (Å²) in [5.74, 6) is -0.261. The highest BCUT2D eigenvalue weighted by Crippen LogP contribution is 2.21. The molecule has 114 valence electrons. The Kier molecular flexibility index (Phi) is 5.20. The number of hydrogen-bond donors (Lipinski definition) is 2. The number of benzene rings is 1. The van der Waals surface area contributed by atoms with Crippen LogP contribution in [0.4, 0.5) is 0 Å². The Bertz CT molecular complexity index is 522. The number of para-hydroxylation sites is 1. The van der Waals surface area contributed by atoms with Crippen LogP contribution in [-0.4, -0.2) is 41.5 Å². The average Bonchev–Trinajstić information content (AvgIpc) is 2.50. The summed E-state index contributed by atoms with van der Waals surface area (Å²) in [7, 11) is 0. The van der Waals surface area contributed by atoms with Crippen molar-refractivity contribution in [3.8, 4) is 5.75 Å². The van der Waals surface area contributed by atoms with E-state index in [1.807, 2.05) is 4.90 Å². The topological polar surface area (TPSA) is 69.6 Å². The maximum absolute atomic E-state index is 12.0. The summed E-state index contributed by atoms with van der Waals surface area (Å²) >= 11 is 0. The molecule has 2 N–H and O–H groups in total. The summed E-state index contributed by atoms with van der Waals surface area (Å²) in [6.07, 6.45) is 3.62. The van der Waals surface area contributed by atoms with Crippen molar-refractivity contribution in [2.75, 3.05) is 19.6 Å². The summed E-state index contributed by atoms with van der Waals surface area (Å²) in [6, 6.07) is 5.04. The maximum atomic E-state index is 12.0. The number of hydrogen-bond acceptors (Lipinski definition) is 3. The molecule has 0 saturated carbocycles. The van der Waals surface area contributed by atoms with Crippen molar-refractivity contribution < 1.29 is 14.7 Å². The predicted molar refractivity (Wildman–Crippen MR) is 80.2 cm³/mol. The van der Waals surface area contributed by atoms with Gasteiger partial charge >= 0.3 is 0 Å². The lowest BCUT2D eigenvalue weighted by molar-refractivity contribution is -0.131. The van der Waals surface area contributed by atoms with Gasteiger partial charge in [0.15, 0.2) is 0 Å². The van der Waals surface area contributed by atoms with Gasteiger partial charge in [-0.05, 0) is 37.8 Å². The van der Waals surface area contributed by atoms with Crippen LogP contribution < -0.4 is 5.32 Å². The van der Waals surface area contributed by atoms with Gasteiger partial charge in [-0.1, -0.05) is 12.1 Å². The first-order valence-electron chi connectivity index (χ1n) is 7.44. The highest BCUT2D eigenvalue weighted by molar-refractivity contribution is 5.97.